The summed E-state index contributed by atoms with van der Waals surface area (Å²) >= 11 is 0. The van der Waals surface area contributed by atoms with Gasteiger partial charge < -0.3 is 15.3 Å². The van der Waals surface area contributed by atoms with Gasteiger partial charge in [-0.05, 0) is 49.8 Å². The number of rotatable bonds is 2. The van der Waals surface area contributed by atoms with Gasteiger partial charge in [0.05, 0.1) is 5.41 Å². The Kier molecular flexibility index (Phi) is 3.59. The van der Waals surface area contributed by atoms with E-state index in [1.54, 1.807) is 4.90 Å². The number of fused-ring (bicyclic) bond motifs is 1. The van der Waals surface area contributed by atoms with Crippen LogP contribution in [0.2, 0.25) is 0 Å². The Morgan fingerprint density at radius 1 is 1.36 bits per heavy atom. The highest BCUT2D eigenvalue weighted by Crippen LogP contribution is 2.48. The average molecular weight is 302 g/mol. The summed E-state index contributed by atoms with van der Waals surface area (Å²) in [7, 11) is 0. The van der Waals surface area contributed by atoms with Crippen LogP contribution < -0.4 is 5.32 Å². The van der Waals surface area contributed by atoms with Crippen LogP contribution in [0.15, 0.2) is 18.2 Å². The number of carboxylic acid groups (broad SMARTS) is 1. The molecular weight excluding hydrogens is 280 g/mol. The molecule has 0 radical (unpaired) electrons. The lowest BCUT2D eigenvalue weighted by molar-refractivity contribution is -0.149. The Balaban J connectivity index is 1.75. The average Bonchev–Trinajstić information content (AvgIpc) is 3.00. The Morgan fingerprint density at radius 3 is 2.82 bits per heavy atom. The van der Waals surface area contributed by atoms with Gasteiger partial charge in [-0.25, -0.2) is 4.79 Å². The molecule has 1 aliphatic heterocycles. The molecule has 22 heavy (non-hydrogen) atoms. The predicted octanol–water partition coefficient (Wildman–Crippen LogP) is 3.02. The minimum absolute atomic E-state index is 0.0920. The van der Waals surface area contributed by atoms with Gasteiger partial charge >= 0.3 is 12.0 Å². The van der Waals surface area contributed by atoms with Gasteiger partial charge in [0.2, 0.25) is 0 Å². The van der Waals surface area contributed by atoms with Crippen molar-refractivity contribution in [3.8, 4) is 0 Å². The Hall–Kier alpha value is -2.04. The van der Waals surface area contributed by atoms with Gasteiger partial charge in [0.15, 0.2) is 0 Å². The molecule has 0 unspecified atom stereocenters. The fourth-order valence-corrected chi connectivity index (χ4v) is 3.86. The van der Waals surface area contributed by atoms with Crippen LogP contribution in [0, 0.1) is 25.2 Å². The highest BCUT2D eigenvalue weighted by atomic mass is 16.4. The third-order valence-electron chi connectivity index (χ3n) is 5.22. The second-order valence-electron chi connectivity index (χ2n) is 6.68. The minimum atomic E-state index is -0.753. The first-order valence-corrected chi connectivity index (χ1v) is 7.79. The van der Waals surface area contributed by atoms with Crippen molar-refractivity contribution >= 4 is 17.7 Å². The monoisotopic (exact) mass is 302 g/mol. The summed E-state index contributed by atoms with van der Waals surface area (Å²) in [6, 6.07) is 5.73. The smallest absolute Gasteiger partial charge is 0.321 e. The molecule has 2 N–H and O–H groups in total. The van der Waals surface area contributed by atoms with Gasteiger partial charge in [0.1, 0.15) is 0 Å². The molecule has 1 aromatic carbocycles. The molecule has 2 atom stereocenters. The topological polar surface area (TPSA) is 69.6 Å². The number of nitrogens with one attached hydrogen (secondary N) is 1. The van der Waals surface area contributed by atoms with Crippen molar-refractivity contribution in [1.82, 2.24) is 4.90 Å². The molecule has 2 amide bonds. The van der Waals surface area contributed by atoms with Crippen LogP contribution in [0.4, 0.5) is 10.5 Å². The lowest BCUT2D eigenvalue weighted by atomic mass is 9.81. The second kappa shape index (κ2) is 5.30. The molecule has 1 aromatic rings. The van der Waals surface area contributed by atoms with Crippen molar-refractivity contribution in [2.75, 3.05) is 18.4 Å². The number of carbonyl (C=O) groups is 2. The summed E-state index contributed by atoms with van der Waals surface area (Å²) in [6.45, 7) is 4.80. The number of hydrogen-bond acceptors (Lipinski definition) is 2. The summed E-state index contributed by atoms with van der Waals surface area (Å²) < 4.78 is 0. The third kappa shape index (κ3) is 2.34. The lowest BCUT2D eigenvalue weighted by Gasteiger charge is -2.23. The van der Waals surface area contributed by atoms with E-state index in [1.807, 2.05) is 32.0 Å². The number of amides is 2. The number of urea groups is 1. The van der Waals surface area contributed by atoms with Crippen molar-refractivity contribution in [2.45, 2.75) is 33.1 Å². The van der Waals surface area contributed by atoms with Crippen LogP contribution in [0.5, 0.6) is 0 Å². The van der Waals surface area contributed by atoms with Crippen molar-refractivity contribution in [3.05, 3.63) is 29.3 Å². The maximum Gasteiger partial charge on any atom is 0.321 e. The highest BCUT2D eigenvalue weighted by molar-refractivity contribution is 5.91. The first-order valence-electron chi connectivity index (χ1n) is 7.79. The second-order valence-corrected chi connectivity index (χ2v) is 6.68. The summed E-state index contributed by atoms with van der Waals surface area (Å²) in [4.78, 5) is 25.8. The van der Waals surface area contributed by atoms with E-state index >= 15 is 0 Å². The van der Waals surface area contributed by atoms with Crippen LogP contribution in [-0.4, -0.2) is 35.1 Å². The summed E-state index contributed by atoms with van der Waals surface area (Å²) in [5, 5.41) is 12.5. The van der Waals surface area contributed by atoms with Crippen LogP contribution in [0.3, 0.4) is 0 Å². The standard InChI is InChI=1S/C17H22N2O3/c1-11-5-6-12(2)14(8-11)18-16(22)19-9-13-4-3-7-17(13,10-19)15(20)21/h5-6,8,13H,3-4,7,9-10H2,1-2H3,(H,18,22)(H,20,21)/t13-,17+/m0/s1. The van der Waals surface area contributed by atoms with Crippen molar-refractivity contribution in [2.24, 2.45) is 11.3 Å². The number of anilines is 1. The molecule has 1 heterocycles. The molecule has 0 spiro atoms. The zero-order chi connectivity index (χ0) is 15.9. The van der Waals surface area contributed by atoms with E-state index in [-0.39, 0.29) is 11.9 Å². The lowest BCUT2D eigenvalue weighted by Crippen LogP contribution is -2.38. The number of aliphatic carboxylic acids is 1. The van der Waals surface area contributed by atoms with Gasteiger partial charge in [0, 0.05) is 18.8 Å². The van der Waals surface area contributed by atoms with E-state index in [9.17, 15) is 14.7 Å². The molecule has 2 fully saturated rings. The molecule has 0 bridgehead atoms. The molecule has 3 rings (SSSR count). The van der Waals surface area contributed by atoms with E-state index in [0.717, 1.165) is 29.7 Å². The molecular formula is C17H22N2O3. The summed E-state index contributed by atoms with van der Waals surface area (Å²) in [6.07, 6.45) is 2.53. The van der Waals surface area contributed by atoms with Gasteiger partial charge in [-0.3, -0.25) is 4.79 Å². The van der Waals surface area contributed by atoms with Crippen molar-refractivity contribution < 1.29 is 14.7 Å². The fourth-order valence-electron chi connectivity index (χ4n) is 3.86. The van der Waals surface area contributed by atoms with E-state index in [2.05, 4.69) is 5.32 Å². The Bertz CT molecular complexity index is 628. The minimum Gasteiger partial charge on any atom is -0.481 e. The molecule has 118 valence electrons. The number of aryl methyl sites for hydroxylation is 2. The van der Waals surface area contributed by atoms with Crippen LogP contribution >= 0.6 is 0 Å². The van der Waals surface area contributed by atoms with Gasteiger partial charge in [-0.1, -0.05) is 18.6 Å². The zero-order valence-corrected chi connectivity index (χ0v) is 13.1. The number of benzene rings is 1. The molecule has 5 heteroatoms. The third-order valence-corrected chi connectivity index (χ3v) is 5.22. The number of hydrogen-bond donors (Lipinski definition) is 2. The first kappa shape index (κ1) is 14.9. The van der Waals surface area contributed by atoms with Gasteiger partial charge in [-0.15, -0.1) is 0 Å². The van der Waals surface area contributed by atoms with Crippen LogP contribution in [0.1, 0.15) is 30.4 Å². The van der Waals surface area contributed by atoms with Crippen molar-refractivity contribution in [3.63, 3.8) is 0 Å². The summed E-state index contributed by atoms with van der Waals surface area (Å²) in [5.41, 5.74) is 2.16. The highest BCUT2D eigenvalue weighted by Gasteiger charge is 2.55. The van der Waals surface area contributed by atoms with E-state index < -0.39 is 11.4 Å². The largest absolute Gasteiger partial charge is 0.481 e. The normalized spacial score (nSPS) is 26.8. The quantitative estimate of drug-likeness (QED) is 0.882. The molecule has 1 aliphatic carbocycles. The van der Waals surface area contributed by atoms with Crippen LogP contribution in [0.25, 0.3) is 0 Å². The number of nitrogens with zero attached hydrogens (tertiary/aromatic N) is 1. The molecule has 1 saturated heterocycles. The predicted molar refractivity (Wildman–Crippen MR) is 83.9 cm³/mol. The maximum absolute atomic E-state index is 12.5. The summed E-state index contributed by atoms with van der Waals surface area (Å²) in [5.74, 6) is -0.661. The van der Waals surface area contributed by atoms with Gasteiger partial charge in [0.25, 0.3) is 0 Å². The number of likely N-dealkylation sites (tertiary alicyclic amines) is 1. The van der Waals surface area contributed by atoms with Crippen LogP contribution in [-0.2, 0) is 4.79 Å². The molecule has 1 saturated carbocycles. The SMILES string of the molecule is Cc1ccc(C)c(NC(=O)N2C[C@@H]3CCC[C@@]3(C(=O)O)C2)c1. The van der Waals surface area contributed by atoms with E-state index in [0.29, 0.717) is 19.5 Å². The molecule has 2 aliphatic rings. The molecule has 0 aromatic heterocycles. The van der Waals surface area contributed by atoms with E-state index in [1.165, 1.54) is 0 Å². The molecule has 5 nitrogen and oxygen atoms in total. The van der Waals surface area contributed by atoms with Crippen molar-refractivity contribution in [1.29, 1.82) is 0 Å². The van der Waals surface area contributed by atoms with Gasteiger partial charge in [-0.2, -0.15) is 0 Å². The zero-order valence-electron chi connectivity index (χ0n) is 13.1. The Labute approximate surface area is 130 Å². The number of carbonyl (C=O) groups excluding carboxylic acids is 1. The number of carboxylic acids is 1. The first-order chi connectivity index (χ1) is 10.4. The van der Waals surface area contributed by atoms with E-state index in [4.69, 9.17) is 0 Å². The maximum atomic E-state index is 12.5. The Morgan fingerprint density at radius 2 is 2.14 bits per heavy atom. The fraction of sp³-hybridized carbons (Fsp3) is 0.529.